The first-order valence-electron chi connectivity index (χ1n) is 11.3. The van der Waals surface area contributed by atoms with Gasteiger partial charge in [-0.2, -0.15) is 4.31 Å². The van der Waals surface area contributed by atoms with Gasteiger partial charge in [-0.3, -0.25) is 14.7 Å². The molecule has 0 bridgehead atoms. The van der Waals surface area contributed by atoms with E-state index in [1.807, 2.05) is 49.9 Å². The summed E-state index contributed by atoms with van der Waals surface area (Å²) >= 11 is 0. The van der Waals surface area contributed by atoms with Crippen LogP contribution in [0.5, 0.6) is 0 Å². The smallest absolute Gasteiger partial charge is 0.244 e. The van der Waals surface area contributed by atoms with Crippen molar-refractivity contribution in [3.05, 3.63) is 58.9 Å². The highest BCUT2D eigenvalue weighted by Gasteiger charge is 2.42. The lowest BCUT2D eigenvalue weighted by Gasteiger charge is -2.37. The Labute approximate surface area is 191 Å². The lowest BCUT2D eigenvalue weighted by Crippen LogP contribution is -2.54. The predicted molar refractivity (Wildman–Crippen MR) is 124 cm³/mol. The maximum absolute atomic E-state index is 13.6. The number of sulfonamides is 1. The molecule has 1 aromatic heterocycles. The topological polar surface area (TPSA) is 73.8 Å². The van der Waals surface area contributed by atoms with Crippen LogP contribution in [0.15, 0.2) is 41.6 Å². The number of carbonyl (C=O) groups excluding carboxylic acids is 1. The number of amides is 1. The Balaban J connectivity index is 1.45. The van der Waals surface area contributed by atoms with Crippen LogP contribution >= 0.6 is 0 Å². The molecule has 2 aromatic rings. The molecule has 2 saturated heterocycles. The van der Waals surface area contributed by atoms with E-state index in [2.05, 4.69) is 9.88 Å². The van der Waals surface area contributed by atoms with E-state index >= 15 is 0 Å². The van der Waals surface area contributed by atoms with Crippen LogP contribution in [0, 0.1) is 20.8 Å². The average Bonchev–Trinajstić information content (AvgIpc) is 3.24. The van der Waals surface area contributed by atoms with Gasteiger partial charge in [-0.15, -0.1) is 0 Å². The molecule has 0 radical (unpaired) electrons. The van der Waals surface area contributed by atoms with Gasteiger partial charge in [0, 0.05) is 51.7 Å². The molecule has 2 aliphatic heterocycles. The highest BCUT2D eigenvalue weighted by molar-refractivity contribution is 7.89. The largest absolute Gasteiger partial charge is 0.339 e. The van der Waals surface area contributed by atoms with Crippen LogP contribution in [-0.4, -0.2) is 72.2 Å². The minimum atomic E-state index is -3.73. The summed E-state index contributed by atoms with van der Waals surface area (Å²) in [5, 5.41) is 0. The highest BCUT2D eigenvalue weighted by Crippen LogP contribution is 2.31. The Kier molecular flexibility index (Phi) is 6.65. The summed E-state index contributed by atoms with van der Waals surface area (Å²) in [6.45, 7) is 9.67. The summed E-state index contributed by atoms with van der Waals surface area (Å²) in [5.74, 6) is -0.0583. The second-order valence-corrected chi connectivity index (χ2v) is 10.8. The molecule has 1 atom stereocenters. The molecule has 0 spiro atoms. The van der Waals surface area contributed by atoms with Crippen molar-refractivity contribution in [3.63, 3.8) is 0 Å². The maximum Gasteiger partial charge on any atom is 0.244 e. The number of rotatable bonds is 5. The van der Waals surface area contributed by atoms with E-state index in [0.717, 1.165) is 36.3 Å². The van der Waals surface area contributed by atoms with Crippen LogP contribution in [-0.2, 0) is 21.4 Å². The molecule has 1 amide bonds. The molecule has 2 fully saturated rings. The highest BCUT2D eigenvalue weighted by atomic mass is 32.2. The Bertz CT molecular complexity index is 1060. The first kappa shape index (κ1) is 22.9. The molecular weight excluding hydrogens is 424 g/mol. The van der Waals surface area contributed by atoms with Crippen LogP contribution in [0.25, 0.3) is 0 Å². The Morgan fingerprint density at radius 3 is 2.25 bits per heavy atom. The summed E-state index contributed by atoms with van der Waals surface area (Å²) in [7, 11) is -3.73. The van der Waals surface area contributed by atoms with Crippen LogP contribution in [0.4, 0.5) is 0 Å². The van der Waals surface area contributed by atoms with Gasteiger partial charge < -0.3 is 4.90 Å². The number of aromatic nitrogens is 1. The number of aryl methyl sites for hydroxylation is 3. The Hall–Kier alpha value is -2.29. The molecule has 8 heteroatoms. The van der Waals surface area contributed by atoms with Gasteiger partial charge >= 0.3 is 0 Å². The Morgan fingerprint density at radius 1 is 1.00 bits per heavy atom. The molecule has 4 rings (SSSR count). The number of benzene rings is 1. The van der Waals surface area contributed by atoms with Crippen molar-refractivity contribution < 1.29 is 13.2 Å². The second kappa shape index (κ2) is 9.29. The normalized spacial score (nSPS) is 20.6. The quantitative estimate of drug-likeness (QED) is 0.691. The summed E-state index contributed by atoms with van der Waals surface area (Å²) in [4.78, 5) is 21.9. The number of nitrogens with zero attached hydrogens (tertiary/aromatic N) is 4. The van der Waals surface area contributed by atoms with Crippen molar-refractivity contribution in [2.75, 3.05) is 32.7 Å². The number of piperazine rings is 1. The van der Waals surface area contributed by atoms with E-state index in [4.69, 9.17) is 0 Å². The minimum absolute atomic E-state index is 0.0583. The summed E-state index contributed by atoms with van der Waals surface area (Å²) < 4.78 is 28.6. The zero-order valence-corrected chi connectivity index (χ0v) is 19.9. The van der Waals surface area contributed by atoms with Crippen LogP contribution in [0.1, 0.15) is 35.1 Å². The predicted octanol–water partition coefficient (Wildman–Crippen LogP) is 2.50. The van der Waals surface area contributed by atoms with Gasteiger partial charge in [0.25, 0.3) is 0 Å². The van der Waals surface area contributed by atoms with E-state index < -0.39 is 16.1 Å². The molecule has 172 valence electrons. The lowest BCUT2D eigenvalue weighted by atomic mass is 10.1. The van der Waals surface area contributed by atoms with Gasteiger partial charge in [0.05, 0.1) is 4.90 Å². The summed E-state index contributed by atoms with van der Waals surface area (Å²) in [5.41, 5.74) is 3.73. The number of pyridine rings is 1. The van der Waals surface area contributed by atoms with Gasteiger partial charge in [0.1, 0.15) is 6.04 Å². The van der Waals surface area contributed by atoms with Crippen molar-refractivity contribution in [3.8, 4) is 0 Å². The van der Waals surface area contributed by atoms with Crippen molar-refractivity contribution in [2.45, 2.75) is 51.1 Å². The Morgan fingerprint density at radius 2 is 1.62 bits per heavy atom. The molecular formula is C24H32N4O3S. The first-order chi connectivity index (χ1) is 15.3. The van der Waals surface area contributed by atoms with Crippen molar-refractivity contribution >= 4 is 15.9 Å². The summed E-state index contributed by atoms with van der Waals surface area (Å²) in [6.07, 6.45) is 4.88. The molecule has 1 aromatic carbocycles. The van der Waals surface area contributed by atoms with Crippen molar-refractivity contribution in [1.29, 1.82) is 0 Å². The van der Waals surface area contributed by atoms with Crippen LogP contribution in [0.3, 0.4) is 0 Å². The first-order valence-corrected chi connectivity index (χ1v) is 12.7. The van der Waals surface area contributed by atoms with E-state index in [0.29, 0.717) is 37.4 Å². The molecule has 0 aliphatic carbocycles. The zero-order chi connectivity index (χ0) is 22.9. The molecule has 7 nitrogen and oxygen atoms in total. The molecule has 2 aliphatic rings. The fourth-order valence-corrected chi connectivity index (χ4v) is 7.12. The fraction of sp³-hybridized carbons (Fsp3) is 0.500. The van der Waals surface area contributed by atoms with Crippen molar-refractivity contribution in [1.82, 2.24) is 19.1 Å². The third-order valence-corrected chi connectivity index (χ3v) is 8.71. The molecule has 3 heterocycles. The monoisotopic (exact) mass is 456 g/mol. The van der Waals surface area contributed by atoms with E-state index in [1.54, 1.807) is 12.4 Å². The molecule has 0 saturated carbocycles. The zero-order valence-electron chi connectivity index (χ0n) is 19.1. The van der Waals surface area contributed by atoms with Gasteiger partial charge in [-0.1, -0.05) is 17.7 Å². The van der Waals surface area contributed by atoms with Gasteiger partial charge in [0.2, 0.25) is 15.9 Å². The number of carbonyl (C=O) groups is 1. The minimum Gasteiger partial charge on any atom is -0.339 e. The van der Waals surface area contributed by atoms with E-state index in [-0.39, 0.29) is 5.91 Å². The summed E-state index contributed by atoms with van der Waals surface area (Å²) in [6, 6.07) is 7.21. The van der Waals surface area contributed by atoms with Crippen molar-refractivity contribution in [2.24, 2.45) is 0 Å². The standard InChI is InChI=1S/C24H32N4O3S/c1-18-15-19(2)23(20(3)16-18)32(30,31)28-10-4-5-22(28)24(29)27-13-11-26(12-14-27)17-21-6-8-25-9-7-21/h6-9,15-16,22H,4-5,10-14,17H2,1-3H3. The molecule has 1 unspecified atom stereocenters. The average molecular weight is 457 g/mol. The van der Waals surface area contributed by atoms with E-state index in [9.17, 15) is 13.2 Å². The fourth-order valence-electron chi connectivity index (χ4n) is 5.05. The third kappa shape index (κ3) is 4.58. The van der Waals surface area contributed by atoms with Gasteiger partial charge in [-0.05, 0) is 62.4 Å². The number of hydrogen-bond donors (Lipinski definition) is 0. The third-order valence-electron chi connectivity index (χ3n) is 6.50. The van der Waals surface area contributed by atoms with Gasteiger partial charge in [0.15, 0.2) is 0 Å². The number of hydrogen-bond acceptors (Lipinski definition) is 5. The molecule has 32 heavy (non-hydrogen) atoms. The van der Waals surface area contributed by atoms with E-state index in [1.165, 1.54) is 9.87 Å². The lowest BCUT2D eigenvalue weighted by molar-refractivity contribution is -0.136. The van der Waals surface area contributed by atoms with Crippen LogP contribution in [0.2, 0.25) is 0 Å². The van der Waals surface area contributed by atoms with Crippen LogP contribution < -0.4 is 0 Å². The maximum atomic E-state index is 13.6. The second-order valence-electron chi connectivity index (χ2n) is 8.96. The molecule has 0 N–H and O–H groups in total. The SMILES string of the molecule is Cc1cc(C)c(S(=O)(=O)N2CCCC2C(=O)N2CCN(Cc3ccncc3)CC2)c(C)c1. The van der Waals surface area contributed by atoms with Gasteiger partial charge in [-0.25, -0.2) is 8.42 Å².